The zero-order valence-electron chi connectivity index (χ0n) is 9.77. The summed E-state index contributed by atoms with van der Waals surface area (Å²) < 4.78 is 5.10. The van der Waals surface area contributed by atoms with Crippen LogP contribution in [0.3, 0.4) is 0 Å². The lowest BCUT2D eigenvalue weighted by Crippen LogP contribution is -1.94. The first-order valence-electron chi connectivity index (χ1n) is 5.25. The van der Waals surface area contributed by atoms with Crippen LogP contribution in [0.4, 0.5) is 0 Å². The van der Waals surface area contributed by atoms with Gasteiger partial charge in [-0.05, 0) is 30.2 Å². The summed E-state index contributed by atoms with van der Waals surface area (Å²) in [5, 5.41) is 8.99. The molecule has 0 atom stereocenters. The summed E-state index contributed by atoms with van der Waals surface area (Å²) in [5.74, 6) is 2.73. The predicted octanol–water partition coefficient (Wildman–Crippen LogP) is 2.87. The Hall–Kier alpha value is -0.930. The molecule has 88 valence electrons. The fraction of sp³-hybridized carbons (Fsp3) is 0.385. The Morgan fingerprint density at radius 3 is 2.56 bits per heavy atom. The molecule has 1 rings (SSSR count). The van der Waals surface area contributed by atoms with E-state index in [1.807, 2.05) is 36.9 Å². The Bertz CT molecular complexity index is 330. The number of hydrogen-bond acceptors (Lipinski definition) is 3. The largest absolute Gasteiger partial charge is 0.497 e. The van der Waals surface area contributed by atoms with Gasteiger partial charge in [-0.2, -0.15) is 11.8 Å². The van der Waals surface area contributed by atoms with E-state index in [0.717, 1.165) is 22.8 Å². The van der Waals surface area contributed by atoms with Crippen molar-refractivity contribution in [1.29, 1.82) is 0 Å². The van der Waals surface area contributed by atoms with Crippen LogP contribution < -0.4 is 4.74 Å². The van der Waals surface area contributed by atoms with Gasteiger partial charge in [0.05, 0.1) is 13.7 Å². The van der Waals surface area contributed by atoms with Crippen LogP contribution in [-0.2, 0) is 5.75 Å². The van der Waals surface area contributed by atoms with Crippen molar-refractivity contribution < 1.29 is 9.84 Å². The maximum atomic E-state index is 8.99. The highest BCUT2D eigenvalue weighted by Gasteiger charge is 1.97. The van der Waals surface area contributed by atoms with Crippen LogP contribution in [0.25, 0.3) is 0 Å². The SMILES string of the molecule is C/C=C(/CO)CSCc1ccc(OC)cc1. The number of benzene rings is 1. The highest BCUT2D eigenvalue weighted by atomic mass is 32.2. The summed E-state index contributed by atoms with van der Waals surface area (Å²) in [6.45, 7) is 2.12. The van der Waals surface area contributed by atoms with Crippen molar-refractivity contribution >= 4 is 11.8 Å². The lowest BCUT2D eigenvalue weighted by molar-refractivity contribution is 0.332. The first-order valence-corrected chi connectivity index (χ1v) is 6.41. The van der Waals surface area contributed by atoms with Crippen molar-refractivity contribution in [3.8, 4) is 5.75 Å². The third-order valence-electron chi connectivity index (χ3n) is 2.33. The second-order valence-corrected chi connectivity index (χ2v) is 4.43. The third-order valence-corrected chi connectivity index (χ3v) is 3.44. The standard InChI is InChI=1S/C13H18O2S/c1-3-11(8-14)9-16-10-12-4-6-13(15-2)7-5-12/h3-7,14H,8-10H2,1-2H3/b11-3-. The van der Waals surface area contributed by atoms with Crippen LogP contribution in [0.5, 0.6) is 5.75 Å². The van der Waals surface area contributed by atoms with E-state index in [4.69, 9.17) is 9.84 Å². The minimum atomic E-state index is 0.159. The Morgan fingerprint density at radius 1 is 1.38 bits per heavy atom. The molecule has 1 N–H and O–H groups in total. The van der Waals surface area contributed by atoms with E-state index in [2.05, 4.69) is 12.1 Å². The molecule has 0 bridgehead atoms. The average Bonchev–Trinajstić information content (AvgIpc) is 2.35. The maximum Gasteiger partial charge on any atom is 0.118 e. The molecule has 2 nitrogen and oxygen atoms in total. The van der Waals surface area contributed by atoms with Gasteiger partial charge in [-0.25, -0.2) is 0 Å². The summed E-state index contributed by atoms with van der Waals surface area (Å²) in [6, 6.07) is 8.08. The number of aliphatic hydroxyl groups excluding tert-OH is 1. The molecule has 0 radical (unpaired) electrons. The second kappa shape index (κ2) is 7.36. The number of thioether (sulfide) groups is 1. The van der Waals surface area contributed by atoms with Gasteiger partial charge in [-0.15, -0.1) is 0 Å². The predicted molar refractivity (Wildman–Crippen MR) is 70.0 cm³/mol. The molecule has 0 heterocycles. The molecule has 0 amide bonds. The average molecular weight is 238 g/mol. The summed E-state index contributed by atoms with van der Waals surface area (Å²) in [7, 11) is 1.67. The smallest absolute Gasteiger partial charge is 0.118 e. The van der Waals surface area contributed by atoms with Crippen LogP contribution in [0, 0.1) is 0 Å². The minimum Gasteiger partial charge on any atom is -0.497 e. The Balaban J connectivity index is 2.37. The van der Waals surface area contributed by atoms with Gasteiger partial charge >= 0.3 is 0 Å². The molecular weight excluding hydrogens is 220 g/mol. The molecule has 1 aromatic carbocycles. The van der Waals surface area contributed by atoms with Gasteiger partial charge in [0, 0.05) is 11.5 Å². The lowest BCUT2D eigenvalue weighted by Gasteiger charge is -2.05. The van der Waals surface area contributed by atoms with Gasteiger partial charge < -0.3 is 9.84 Å². The normalized spacial score (nSPS) is 11.6. The highest BCUT2D eigenvalue weighted by molar-refractivity contribution is 7.98. The van der Waals surface area contributed by atoms with E-state index in [0.29, 0.717) is 0 Å². The van der Waals surface area contributed by atoms with Gasteiger partial charge in [0.2, 0.25) is 0 Å². The Kier molecular flexibility index (Phi) is 6.04. The fourth-order valence-electron chi connectivity index (χ4n) is 1.24. The Morgan fingerprint density at radius 2 is 2.06 bits per heavy atom. The van der Waals surface area contributed by atoms with E-state index in [1.165, 1.54) is 5.56 Å². The van der Waals surface area contributed by atoms with Crippen LogP contribution in [0.2, 0.25) is 0 Å². The van der Waals surface area contributed by atoms with Crippen molar-refractivity contribution in [3.63, 3.8) is 0 Å². The topological polar surface area (TPSA) is 29.5 Å². The quantitative estimate of drug-likeness (QED) is 0.773. The van der Waals surface area contributed by atoms with E-state index in [9.17, 15) is 0 Å². The molecule has 1 aromatic rings. The lowest BCUT2D eigenvalue weighted by atomic mass is 10.2. The van der Waals surface area contributed by atoms with E-state index >= 15 is 0 Å². The molecule has 0 aliphatic carbocycles. The molecule has 0 aliphatic heterocycles. The Labute approximate surface area is 101 Å². The van der Waals surface area contributed by atoms with Crippen molar-refractivity contribution in [3.05, 3.63) is 41.5 Å². The molecule has 0 unspecified atom stereocenters. The van der Waals surface area contributed by atoms with Gasteiger partial charge in [-0.3, -0.25) is 0 Å². The molecule has 3 heteroatoms. The van der Waals surface area contributed by atoms with Crippen molar-refractivity contribution in [2.24, 2.45) is 0 Å². The summed E-state index contributed by atoms with van der Waals surface area (Å²) in [5.41, 5.74) is 2.36. The van der Waals surface area contributed by atoms with Crippen LogP contribution >= 0.6 is 11.8 Å². The monoisotopic (exact) mass is 238 g/mol. The summed E-state index contributed by atoms with van der Waals surface area (Å²) in [4.78, 5) is 0. The number of aliphatic hydroxyl groups is 1. The molecule has 0 saturated heterocycles. The number of rotatable bonds is 6. The van der Waals surface area contributed by atoms with Gasteiger partial charge in [0.25, 0.3) is 0 Å². The van der Waals surface area contributed by atoms with Crippen molar-refractivity contribution in [2.75, 3.05) is 19.5 Å². The number of allylic oxidation sites excluding steroid dienone is 1. The third kappa shape index (κ3) is 4.29. The first-order chi connectivity index (χ1) is 7.80. The minimum absolute atomic E-state index is 0.159. The van der Waals surface area contributed by atoms with Crippen LogP contribution in [0.1, 0.15) is 12.5 Å². The zero-order valence-corrected chi connectivity index (χ0v) is 10.6. The van der Waals surface area contributed by atoms with Crippen LogP contribution in [-0.4, -0.2) is 24.6 Å². The number of hydrogen-bond donors (Lipinski definition) is 1. The van der Waals surface area contributed by atoms with E-state index in [1.54, 1.807) is 7.11 Å². The molecule has 0 aliphatic rings. The molecule has 0 aromatic heterocycles. The molecule has 0 spiro atoms. The van der Waals surface area contributed by atoms with Gasteiger partial charge in [-0.1, -0.05) is 18.2 Å². The van der Waals surface area contributed by atoms with E-state index in [-0.39, 0.29) is 6.61 Å². The maximum absolute atomic E-state index is 8.99. The molecule has 0 fully saturated rings. The molecule has 16 heavy (non-hydrogen) atoms. The fourth-order valence-corrected chi connectivity index (χ4v) is 2.29. The molecule has 0 saturated carbocycles. The van der Waals surface area contributed by atoms with Crippen molar-refractivity contribution in [1.82, 2.24) is 0 Å². The van der Waals surface area contributed by atoms with Crippen LogP contribution in [0.15, 0.2) is 35.9 Å². The van der Waals surface area contributed by atoms with E-state index < -0.39 is 0 Å². The second-order valence-electron chi connectivity index (χ2n) is 3.45. The van der Waals surface area contributed by atoms with Gasteiger partial charge in [0.1, 0.15) is 5.75 Å². The van der Waals surface area contributed by atoms with Crippen molar-refractivity contribution in [2.45, 2.75) is 12.7 Å². The number of ether oxygens (including phenoxy) is 1. The first kappa shape index (κ1) is 13.1. The highest BCUT2D eigenvalue weighted by Crippen LogP contribution is 2.18. The number of methoxy groups -OCH3 is 1. The summed E-state index contributed by atoms with van der Waals surface area (Å²) >= 11 is 1.81. The zero-order chi connectivity index (χ0) is 11.8. The molecular formula is C13H18O2S. The van der Waals surface area contributed by atoms with Gasteiger partial charge in [0.15, 0.2) is 0 Å². The summed E-state index contributed by atoms with van der Waals surface area (Å²) in [6.07, 6.45) is 1.97.